The number of hydrogen-bond acceptors (Lipinski definition) is 3. The molecular formula is C15H21F3N2O. The predicted molar refractivity (Wildman–Crippen MR) is 75.1 cm³/mol. The van der Waals surface area contributed by atoms with E-state index >= 15 is 0 Å². The zero-order valence-electron chi connectivity index (χ0n) is 12.3. The Morgan fingerprint density at radius 1 is 1.33 bits per heavy atom. The number of halogens is 3. The number of rotatable bonds is 4. The number of ether oxygens (including phenoxy) is 1. The van der Waals surface area contributed by atoms with Gasteiger partial charge in [-0.25, -0.2) is 0 Å². The molecule has 1 aromatic carbocycles. The van der Waals surface area contributed by atoms with Crippen molar-refractivity contribution in [2.75, 3.05) is 33.3 Å². The van der Waals surface area contributed by atoms with Gasteiger partial charge in [0.15, 0.2) is 0 Å². The molecule has 1 saturated heterocycles. The molecule has 2 unspecified atom stereocenters. The second-order valence-electron chi connectivity index (χ2n) is 5.43. The van der Waals surface area contributed by atoms with Crippen molar-refractivity contribution in [3.05, 3.63) is 35.4 Å². The van der Waals surface area contributed by atoms with Gasteiger partial charge in [0.25, 0.3) is 0 Å². The summed E-state index contributed by atoms with van der Waals surface area (Å²) >= 11 is 0. The fourth-order valence-corrected chi connectivity index (χ4v) is 2.42. The van der Waals surface area contributed by atoms with Crippen molar-refractivity contribution < 1.29 is 17.9 Å². The van der Waals surface area contributed by atoms with Crippen LogP contribution >= 0.6 is 0 Å². The number of nitrogens with one attached hydrogen (secondary N) is 1. The predicted octanol–water partition coefficient (Wildman–Crippen LogP) is 2.69. The zero-order chi connectivity index (χ0) is 15.5. The summed E-state index contributed by atoms with van der Waals surface area (Å²) in [5, 5.41) is 3.27. The number of benzene rings is 1. The largest absolute Gasteiger partial charge is 0.416 e. The first-order valence-electron chi connectivity index (χ1n) is 7.07. The number of hydrogen-bond donors (Lipinski definition) is 1. The van der Waals surface area contributed by atoms with Crippen LogP contribution in [0.5, 0.6) is 0 Å². The fourth-order valence-electron chi connectivity index (χ4n) is 2.42. The monoisotopic (exact) mass is 302 g/mol. The molecule has 0 amide bonds. The maximum absolute atomic E-state index is 12.6. The molecule has 2 atom stereocenters. The first kappa shape index (κ1) is 16.3. The lowest BCUT2D eigenvalue weighted by atomic mass is 10.0. The van der Waals surface area contributed by atoms with E-state index in [1.54, 1.807) is 12.1 Å². The Bertz CT molecular complexity index is 441. The lowest BCUT2D eigenvalue weighted by molar-refractivity contribution is -0.137. The molecular weight excluding hydrogens is 281 g/mol. The highest BCUT2D eigenvalue weighted by Crippen LogP contribution is 2.30. The molecule has 3 nitrogen and oxygen atoms in total. The van der Waals surface area contributed by atoms with Crippen LogP contribution in [0.15, 0.2) is 24.3 Å². The van der Waals surface area contributed by atoms with Crippen LogP contribution in [0.25, 0.3) is 0 Å². The van der Waals surface area contributed by atoms with Crippen molar-refractivity contribution in [1.82, 2.24) is 10.2 Å². The molecule has 0 bridgehead atoms. The zero-order valence-corrected chi connectivity index (χ0v) is 12.3. The minimum atomic E-state index is -4.28. The van der Waals surface area contributed by atoms with Gasteiger partial charge in [-0.05, 0) is 31.7 Å². The van der Waals surface area contributed by atoms with Crippen LogP contribution in [0.3, 0.4) is 0 Å². The van der Waals surface area contributed by atoms with Crippen molar-refractivity contribution in [2.45, 2.75) is 25.2 Å². The van der Waals surface area contributed by atoms with E-state index in [9.17, 15) is 13.2 Å². The van der Waals surface area contributed by atoms with Crippen LogP contribution in [0.2, 0.25) is 0 Å². The van der Waals surface area contributed by atoms with Crippen molar-refractivity contribution in [2.24, 2.45) is 0 Å². The van der Waals surface area contributed by atoms with Gasteiger partial charge in [-0.1, -0.05) is 12.1 Å². The van der Waals surface area contributed by atoms with Gasteiger partial charge >= 0.3 is 6.18 Å². The maximum atomic E-state index is 12.6. The van der Waals surface area contributed by atoms with E-state index in [1.807, 2.05) is 14.0 Å². The van der Waals surface area contributed by atoms with Crippen LogP contribution in [-0.4, -0.2) is 44.3 Å². The van der Waals surface area contributed by atoms with Gasteiger partial charge in [-0.15, -0.1) is 0 Å². The molecule has 2 rings (SSSR count). The van der Waals surface area contributed by atoms with Gasteiger partial charge in [0.1, 0.15) is 0 Å². The summed E-state index contributed by atoms with van der Waals surface area (Å²) in [4.78, 5) is 2.10. The first-order chi connectivity index (χ1) is 9.88. The average Bonchev–Trinajstić information content (AvgIpc) is 2.46. The standard InChI is InChI=1S/C15H21F3N2O/c1-11(20(2)10-14-9-19-7-8-21-14)12-3-5-13(6-4-12)15(16,17)18/h3-6,11,14,19H,7-10H2,1-2H3. The summed E-state index contributed by atoms with van der Waals surface area (Å²) in [7, 11) is 1.96. The molecule has 1 N–H and O–H groups in total. The summed E-state index contributed by atoms with van der Waals surface area (Å²) in [6.07, 6.45) is -4.16. The molecule has 0 radical (unpaired) electrons. The molecule has 118 valence electrons. The maximum Gasteiger partial charge on any atom is 0.416 e. The number of alkyl halides is 3. The van der Waals surface area contributed by atoms with Crippen LogP contribution in [0, 0.1) is 0 Å². The Hall–Kier alpha value is -1.11. The SMILES string of the molecule is CC(c1ccc(C(F)(F)F)cc1)N(C)CC1CNCCO1. The normalized spacial score (nSPS) is 21.5. The van der Waals surface area contributed by atoms with Crippen LogP contribution < -0.4 is 5.32 Å². The van der Waals surface area contributed by atoms with Gasteiger partial charge in [0.2, 0.25) is 0 Å². The van der Waals surface area contributed by atoms with Crippen molar-refractivity contribution in [1.29, 1.82) is 0 Å². The molecule has 1 heterocycles. The summed E-state index contributed by atoms with van der Waals surface area (Å²) in [6.45, 7) is 5.11. The quantitative estimate of drug-likeness (QED) is 0.925. The lowest BCUT2D eigenvalue weighted by Crippen LogP contribution is -2.44. The van der Waals surface area contributed by atoms with Gasteiger partial charge < -0.3 is 10.1 Å². The second-order valence-corrected chi connectivity index (χ2v) is 5.43. The van der Waals surface area contributed by atoms with Crippen LogP contribution in [-0.2, 0) is 10.9 Å². The molecule has 1 aromatic rings. The molecule has 6 heteroatoms. The van der Waals surface area contributed by atoms with E-state index in [2.05, 4.69) is 10.2 Å². The molecule has 1 aliphatic rings. The third-order valence-electron chi connectivity index (χ3n) is 3.88. The average molecular weight is 302 g/mol. The summed E-state index contributed by atoms with van der Waals surface area (Å²) in [5.41, 5.74) is 0.259. The van der Waals surface area contributed by atoms with Crippen LogP contribution in [0.1, 0.15) is 24.1 Å². The second kappa shape index (κ2) is 6.77. The van der Waals surface area contributed by atoms with Crippen molar-refractivity contribution in [3.63, 3.8) is 0 Å². The number of nitrogens with zero attached hydrogens (tertiary/aromatic N) is 1. The smallest absolute Gasteiger partial charge is 0.374 e. The molecule has 0 saturated carbocycles. The first-order valence-corrected chi connectivity index (χ1v) is 7.07. The molecule has 1 fully saturated rings. The highest BCUT2D eigenvalue weighted by atomic mass is 19.4. The van der Waals surface area contributed by atoms with Gasteiger partial charge in [0.05, 0.1) is 18.3 Å². The highest BCUT2D eigenvalue weighted by Gasteiger charge is 2.30. The topological polar surface area (TPSA) is 24.5 Å². The Labute approximate surface area is 123 Å². The van der Waals surface area contributed by atoms with E-state index in [1.165, 1.54) is 0 Å². The van der Waals surface area contributed by atoms with E-state index < -0.39 is 11.7 Å². The Kier molecular flexibility index (Phi) is 5.24. The molecule has 0 aliphatic carbocycles. The number of likely N-dealkylation sites (N-methyl/N-ethyl adjacent to an activating group) is 1. The van der Waals surface area contributed by atoms with E-state index in [0.29, 0.717) is 6.61 Å². The van der Waals surface area contributed by atoms with Crippen molar-refractivity contribution >= 4 is 0 Å². The van der Waals surface area contributed by atoms with Gasteiger partial charge in [-0.2, -0.15) is 13.2 Å². The minimum absolute atomic E-state index is 0.0396. The molecule has 0 aromatic heterocycles. The van der Waals surface area contributed by atoms with Crippen LogP contribution in [0.4, 0.5) is 13.2 Å². The summed E-state index contributed by atoms with van der Waals surface area (Å²) in [6, 6.07) is 5.41. The molecule has 1 aliphatic heterocycles. The Balaban J connectivity index is 1.96. The molecule has 0 spiro atoms. The third kappa shape index (κ3) is 4.43. The van der Waals surface area contributed by atoms with E-state index in [4.69, 9.17) is 4.74 Å². The van der Waals surface area contributed by atoms with Gasteiger partial charge in [-0.3, -0.25) is 4.90 Å². The summed E-state index contributed by atoms with van der Waals surface area (Å²) in [5.74, 6) is 0. The lowest BCUT2D eigenvalue weighted by Gasteiger charge is -2.31. The Morgan fingerprint density at radius 2 is 2.00 bits per heavy atom. The van der Waals surface area contributed by atoms with E-state index in [-0.39, 0.29) is 12.1 Å². The summed E-state index contributed by atoms with van der Waals surface area (Å²) < 4.78 is 43.3. The number of morpholine rings is 1. The third-order valence-corrected chi connectivity index (χ3v) is 3.88. The van der Waals surface area contributed by atoms with Crippen molar-refractivity contribution in [3.8, 4) is 0 Å². The minimum Gasteiger partial charge on any atom is -0.374 e. The van der Waals surface area contributed by atoms with E-state index in [0.717, 1.165) is 37.3 Å². The Morgan fingerprint density at radius 3 is 2.52 bits per heavy atom. The molecule has 21 heavy (non-hydrogen) atoms. The fraction of sp³-hybridized carbons (Fsp3) is 0.600. The van der Waals surface area contributed by atoms with Gasteiger partial charge in [0, 0.05) is 25.7 Å². The highest BCUT2D eigenvalue weighted by molar-refractivity contribution is 5.26.